The molecule has 2 heterocycles. The molecule has 1 unspecified atom stereocenters. The van der Waals surface area contributed by atoms with Gasteiger partial charge in [-0.15, -0.1) is 0 Å². The van der Waals surface area contributed by atoms with E-state index in [1.165, 1.54) is 11.0 Å². The van der Waals surface area contributed by atoms with Gasteiger partial charge in [0.2, 0.25) is 5.76 Å². The molecular weight excluding hydrogens is 398 g/mol. The van der Waals surface area contributed by atoms with Crippen LogP contribution in [0, 0.1) is 13.8 Å². The SMILES string of the molecule is CCOc1cc(C2c3c(oc4cc(C)cc(C)c4c3=O)C(=O)N2CCCO)ccc1O. The van der Waals surface area contributed by atoms with Gasteiger partial charge < -0.3 is 24.3 Å². The van der Waals surface area contributed by atoms with Crippen molar-refractivity contribution in [1.29, 1.82) is 0 Å². The lowest BCUT2D eigenvalue weighted by Crippen LogP contribution is -2.31. The Morgan fingerprint density at radius 2 is 1.94 bits per heavy atom. The third kappa shape index (κ3) is 3.45. The molecule has 0 bridgehead atoms. The average Bonchev–Trinajstić information content (AvgIpc) is 3.00. The van der Waals surface area contributed by atoms with Gasteiger partial charge >= 0.3 is 0 Å². The second-order valence-electron chi connectivity index (χ2n) is 7.77. The molecule has 7 heteroatoms. The molecule has 4 rings (SSSR count). The summed E-state index contributed by atoms with van der Waals surface area (Å²) in [5.74, 6) is -0.108. The van der Waals surface area contributed by atoms with Gasteiger partial charge in [-0.05, 0) is 62.1 Å². The maximum Gasteiger partial charge on any atom is 0.290 e. The maximum absolute atomic E-state index is 13.6. The lowest BCUT2D eigenvalue weighted by atomic mass is 9.96. The van der Waals surface area contributed by atoms with Gasteiger partial charge in [0.05, 0.1) is 23.6 Å². The normalized spacial score (nSPS) is 15.5. The predicted molar refractivity (Wildman–Crippen MR) is 116 cm³/mol. The van der Waals surface area contributed by atoms with Gasteiger partial charge in [-0.25, -0.2) is 0 Å². The molecule has 0 spiro atoms. The lowest BCUT2D eigenvalue weighted by Gasteiger charge is -2.25. The molecule has 2 aromatic carbocycles. The highest BCUT2D eigenvalue weighted by Crippen LogP contribution is 2.41. The van der Waals surface area contributed by atoms with E-state index in [4.69, 9.17) is 9.15 Å². The first-order chi connectivity index (χ1) is 14.9. The minimum atomic E-state index is -0.699. The molecule has 0 saturated heterocycles. The first kappa shape index (κ1) is 20.9. The quantitative estimate of drug-likeness (QED) is 0.630. The van der Waals surface area contributed by atoms with Gasteiger partial charge in [0.25, 0.3) is 5.91 Å². The summed E-state index contributed by atoms with van der Waals surface area (Å²) in [5.41, 5.74) is 2.76. The molecule has 2 N–H and O–H groups in total. The molecule has 1 aromatic heterocycles. The number of ether oxygens (including phenoxy) is 1. The van der Waals surface area contributed by atoms with E-state index in [1.807, 2.05) is 19.9 Å². The van der Waals surface area contributed by atoms with E-state index < -0.39 is 11.9 Å². The Hall–Kier alpha value is -3.32. The Bertz CT molecular complexity index is 1230. The number of benzene rings is 2. The van der Waals surface area contributed by atoms with Gasteiger partial charge in [-0.2, -0.15) is 0 Å². The van der Waals surface area contributed by atoms with Crippen LogP contribution in [0.4, 0.5) is 0 Å². The Balaban J connectivity index is 1.98. The molecule has 1 amide bonds. The molecule has 0 saturated carbocycles. The zero-order valence-electron chi connectivity index (χ0n) is 17.8. The van der Waals surface area contributed by atoms with Crippen LogP contribution in [0.1, 0.15) is 52.2 Å². The van der Waals surface area contributed by atoms with E-state index in [2.05, 4.69) is 0 Å². The monoisotopic (exact) mass is 423 g/mol. The molecule has 1 aliphatic heterocycles. The second-order valence-corrected chi connectivity index (χ2v) is 7.77. The fourth-order valence-electron chi connectivity index (χ4n) is 4.30. The predicted octanol–water partition coefficient (Wildman–Crippen LogP) is 3.44. The number of aliphatic hydroxyl groups is 1. The van der Waals surface area contributed by atoms with Crippen molar-refractivity contribution < 1.29 is 24.2 Å². The molecule has 7 nitrogen and oxygen atoms in total. The molecule has 1 atom stereocenters. The summed E-state index contributed by atoms with van der Waals surface area (Å²) in [6, 6.07) is 7.77. The van der Waals surface area contributed by atoms with Gasteiger partial charge in [-0.1, -0.05) is 12.1 Å². The van der Waals surface area contributed by atoms with Crippen LogP contribution in [0.3, 0.4) is 0 Å². The Morgan fingerprint density at radius 3 is 2.65 bits per heavy atom. The van der Waals surface area contributed by atoms with Crippen LogP contribution < -0.4 is 10.2 Å². The smallest absolute Gasteiger partial charge is 0.290 e. The summed E-state index contributed by atoms with van der Waals surface area (Å²) in [7, 11) is 0. The number of aryl methyl sites for hydroxylation is 2. The van der Waals surface area contributed by atoms with Crippen molar-refractivity contribution in [3.05, 3.63) is 68.6 Å². The standard InChI is InChI=1S/C24H25NO6/c1-4-30-17-12-15(6-7-16(17)27)21-20-22(28)19-14(3)10-13(2)11-18(19)31-23(20)24(29)25(21)8-5-9-26/h6-7,10-12,21,26-27H,4-5,8-9H2,1-3H3. The van der Waals surface area contributed by atoms with Crippen LogP contribution >= 0.6 is 0 Å². The van der Waals surface area contributed by atoms with Gasteiger partial charge in [0.15, 0.2) is 16.9 Å². The third-order valence-corrected chi connectivity index (χ3v) is 5.57. The zero-order chi connectivity index (χ0) is 22.3. The zero-order valence-corrected chi connectivity index (χ0v) is 17.8. The first-order valence-corrected chi connectivity index (χ1v) is 10.3. The van der Waals surface area contributed by atoms with Crippen molar-refractivity contribution >= 4 is 16.9 Å². The van der Waals surface area contributed by atoms with Crippen molar-refractivity contribution in [2.45, 2.75) is 33.2 Å². The van der Waals surface area contributed by atoms with E-state index in [-0.39, 0.29) is 41.4 Å². The third-order valence-electron chi connectivity index (χ3n) is 5.57. The number of nitrogens with zero attached hydrogens (tertiary/aromatic N) is 1. The average molecular weight is 423 g/mol. The number of phenols is 1. The number of hydrogen-bond acceptors (Lipinski definition) is 6. The summed E-state index contributed by atoms with van der Waals surface area (Å²) >= 11 is 0. The van der Waals surface area contributed by atoms with Crippen molar-refractivity contribution in [3.63, 3.8) is 0 Å². The number of phenolic OH excluding ortho intramolecular Hbond substituents is 1. The van der Waals surface area contributed by atoms with E-state index in [9.17, 15) is 19.8 Å². The van der Waals surface area contributed by atoms with Crippen molar-refractivity contribution in [2.75, 3.05) is 19.8 Å². The number of carbonyl (C=O) groups is 1. The van der Waals surface area contributed by atoms with Crippen LogP contribution in [0.25, 0.3) is 11.0 Å². The summed E-state index contributed by atoms with van der Waals surface area (Å²) in [5, 5.41) is 19.9. The van der Waals surface area contributed by atoms with E-state index in [1.54, 1.807) is 25.1 Å². The summed E-state index contributed by atoms with van der Waals surface area (Å²) in [6.45, 7) is 6.08. The second kappa shape index (κ2) is 8.07. The highest BCUT2D eigenvalue weighted by Gasteiger charge is 2.42. The number of aromatic hydroxyl groups is 1. The summed E-state index contributed by atoms with van der Waals surface area (Å²) in [6.07, 6.45) is 0.360. The lowest BCUT2D eigenvalue weighted by molar-refractivity contribution is 0.0716. The number of carbonyl (C=O) groups excluding carboxylic acids is 1. The van der Waals surface area contributed by atoms with Crippen LogP contribution in [-0.4, -0.2) is 40.8 Å². The van der Waals surface area contributed by atoms with Gasteiger partial charge in [0.1, 0.15) is 5.58 Å². The van der Waals surface area contributed by atoms with Crippen LogP contribution in [0.15, 0.2) is 39.5 Å². The molecule has 162 valence electrons. The number of amides is 1. The van der Waals surface area contributed by atoms with E-state index >= 15 is 0 Å². The largest absolute Gasteiger partial charge is 0.504 e. The molecule has 0 fully saturated rings. The number of hydrogen-bond donors (Lipinski definition) is 2. The number of fused-ring (bicyclic) bond motifs is 2. The molecular formula is C24H25NO6. The topological polar surface area (TPSA) is 100 Å². The molecule has 0 aliphatic carbocycles. The highest BCUT2D eigenvalue weighted by molar-refractivity contribution is 5.99. The van der Waals surface area contributed by atoms with Crippen LogP contribution in [-0.2, 0) is 0 Å². The number of aliphatic hydroxyl groups excluding tert-OH is 1. The fraction of sp³-hybridized carbons (Fsp3) is 0.333. The van der Waals surface area contributed by atoms with Crippen LogP contribution in [0.5, 0.6) is 11.5 Å². The Labute approximate surface area is 179 Å². The Morgan fingerprint density at radius 1 is 1.16 bits per heavy atom. The minimum absolute atomic E-state index is 0.0195. The molecule has 3 aromatic rings. The van der Waals surface area contributed by atoms with Gasteiger partial charge in [0, 0.05) is 13.2 Å². The Kier molecular flexibility index (Phi) is 5.45. The number of rotatable bonds is 6. The highest BCUT2D eigenvalue weighted by atomic mass is 16.5. The maximum atomic E-state index is 13.6. The fourth-order valence-corrected chi connectivity index (χ4v) is 4.30. The van der Waals surface area contributed by atoms with E-state index in [0.29, 0.717) is 29.6 Å². The van der Waals surface area contributed by atoms with Crippen molar-refractivity contribution in [3.8, 4) is 11.5 Å². The molecule has 1 aliphatic rings. The van der Waals surface area contributed by atoms with Crippen LogP contribution in [0.2, 0.25) is 0 Å². The first-order valence-electron chi connectivity index (χ1n) is 10.3. The van der Waals surface area contributed by atoms with Crippen molar-refractivity contribution in [1.82, 2.24) is 4.90 Å². The van der Waals surface area contributed by atoms with Gasteiger partial charge in [-0.3, -0.25) is 9.59 Å². The summed E-state index contributed by atoms with van der Waals surface area (Å²) < 4.78 is 11.5. The minimum Gasteiger partial charge on any atom is -0.504 e. The molecule has 31 heavy (non-hydrogen) atoms. The van der Waals surface area contributed by atoms with E-state index in [0.717, 1.165) is 11.1 Å². The molecule has 0 radical (unpaired) electrons. The summed E-state index contributed by atoms with van der Waals surface area (Å²) in [4.78, 5) is 28.4. The van der Waals surface area contributed by atoms with Crippen molar-refractivity contribution in [2.24, 2.45) is 0 Å².